The Kier molecular flexibility index (Phi) is 5.98. The smallest absolute Gasteiger partial charge is 0.253 e. The molecule has 0 bridgehead atoms. The number of anilines is 1. The van der Waals surface area contributed by atoms with Gasteiger partial charge in [0, 0.05) is 39.4 Å². The summed E-state index contributed by atoms with van der Waals surface area (Å²) < 4.78 is 0. The maximum Gasteiger partial charge on any atom is 0.253 e. The van der Waals surface area contributed by atoms with Crippen LogP contribution in [0.4, 0.5) is 5.69 Å². The lowest BCUT2D eigenvalue weighted by molar-refractivity contribution is -0.123. The van der Waals surface area contributed by atoms with Gasteiger partial charge < -0.3 is 20.9 Å². The highest BCUT2D eigenvalue weighted by Crippen LogP contribution is 2.18. The fraction of sp³-hybridized carbons (Fsp3) is 0.529. The van der Waals surface area contributed by atoms with Gasteiger partial charge in [0.15, 0.2) is 0 Å². The van der Waals surface area contributed by atoms with Crippen molar-refractivity contribution in [1.82, 2.24) is 10.2 Å². The highest BCUT2D eigenvalue weighted by Gasteiger charge is 2.23. The number of nitrogens with one attached hydrogen (secondary N) is 1. The van der Waals surface area contributed by atoms with Gasteiger partial charge in [-0.25, -0.2) is 0 Å². The number of hydrogen-bond acceptors (Lipinski definition) is 4. The van der Waals surface area contributed by atoms with Crippen molar-refractivity contribution >= 4 is 17.5 Å². The molecule has 1 aliphatic heterocycles. The van der Waals surface area contributed by atoms with E-state index in [1.165, 1.54) is 0 Å². The van der Waals surface area contributed by atoms with Crippen molar-refractivity contribution in [3.63, 3.8) is 0 Å². The van der Waals surface area contributed by atoms with Crippen LogP contribution in [0.1, 0.15) is 23.2 Å². The highest BCUT2D eigenvalue weighted by molar-refractivity contribution is 5.99. The first-order valence-electron chi connectivity index (χ1n) is 8.05. The van der Waals surface area contributed by atoms with Crippen LogP contribution in [0.25, 0.3) is 0 Å². The Labute approximate surface area is 137 Å². The number of carbonyl (C=O) groups excluding carboxylic acids is 2. The molecular weight excluding hydrogens is 292 g/mol. The first kappa shape index (κ1) is 17.3. The Balaban J connectivity index is 1.84. The maximum atomic E-state index is 12.4. The lowest BCUT2D eigenvalue weighted by atomic mass is 9.97. The summed E-state index contributed by atoms with van der Waals surface area (Å²) >= 11 is 0. The molecule has 1 aromatic carbocycles. The number of carbonyl (C=O) groups is 2. The van der Waals surface area contributed by atoms with Crippen LogP contribution < -0.4 is 16.0 Å². The molecule has 1 atom stereocenters. The Morgan fingerprint density at radius 3 is 2.78 bits per heavy atom. The van der Waals surface area contributed by atoms with E-state index in [2.05, 4.69) is 10.2 Å². The topological polar surface area (TPSA) is 78.7 Å². The van der Waals surface area contributed by atoms with Gasteiger partial charge in [0.2, 0.25) is 5.91 Å². The van der Waals surface area contributed by atoms with Crippen LogP contribution >= 0.6 is 0 Å². The molecule has 0 aliphatic carbocycles. The zero-order valence-electron chi connectivity index (χ0n) is 13.9. The Morgan fingerprint density at radius 1 is 1.35 bits per heavy atom. The number of para-hydroxylation sites is 1. The molecular formula is C17H26N4O2. The molecule has 1 aliphatic rings. The average molecular weight is 318 g/mol. The molecule has 1 heterocycles. The molecule has 0 spiro atoms. The summed E-state index contributed by atoms with van der Waals surface area (Å²) in [7, 11) is 3.84. The van der Waals surface area contributed by atoms with Crippen molar-refractivity contribution < 1.29 is 9.59 Å². The fourth-order valence-corrected chi connectivity index (χ4v) is 2.97. The molecule has 0 saturated carbocycles. The SMILES string of the molecule is CN(C)c1ccccc1C(=O)NCCN1CCCC(C(N)=O)C1. The molecule has 126 valence electrons. The number of amides is 2. The third-order valence-electron chi connectivity index (χ3n) is 4.25. The zero-order valence-corrected chi connectivity index (χ0v) is 13.9. The van der Waals surface area contributed by atoms with Gasteiger partial charge in [-0.1, -0.05) is 12.1 Å². The molecule has 0 radical (unpaired) electrons. The van der Waals surface area contributed by atoms with Crippen LogP contribution in [0.15, 0.2) is 24.3 Å². The molecule has 6 nitrogen and oxygen atoms in total. The van der Waals surface area contributed by atoms with E-state index in [1.807, 2.05) is 43.3 Å². The quantitative estimate of drug-likeness (QED) is 0.808. The number of primary amides is 1. The van der Waals surface area contributed by atoms with Crippen molar-refractivity contribution in [2.45, 2.75) is 12.8 Å². The molecule has 2 amide bonds. The highest BCUT2D eigenvalue weighted by atomic mass is 16.2. The molecule has 6 heteroatoms. The second-order valence-electron chi connectivity index (χ2n) is 6.21. The lowest BCUT2D eigenvalue weighted by Gasteiger charge is -2.31. The van der Waals surface area contributed by atoms with Gasteiger partial charge in [0.25, 0.3) is 5.91 Å². The molecule has 1 saturated heterocycles. The molecule has 0 aromatic heterocycles. The van der Waals surface area contributed by atoms with Gasteiger partial charge in [0.1, 0.15) is 0 Å². The van der Waals surface area contributed by atoms with E-state index in [4.69, 9.17) is 5.73 Å². The molecule has 1 fully saturated rings. The van der Waals surface area contributed by atoms with Crippen LogP contribution in [-0.2, 0) is 4.79 Å². The summed E-state index contributed by atoms with van der Waals surface area (Å²) in [6.45, 7) is 2.94. The number of rotatable bonds is 6. The van der Waals surface area contributed by atoms with Crippen molar-refractivity contribution in [3.05, 3.63) is 29.8 Å². The summed E-state index contributed by atoms with van der Waals surface area (Å²) in [6.07, 6.45) is 1.85. The van der Waals surface area contributed by atoms with Crippen molar-refractivity contribution in [2.75, 3.05) is 45.2 Å². The number of nitrogens with zero attached hydrogens (tertiary/aromatic N) is 2. The van der Waals surface area contributed by atoms with Gasteiger partial charge >= 0.3 is 0 Å². The predicted octanol–water partition coefficient (Wildman–Crippen LogP) is 0.680. The van der Waals surface area contributed by atoms with Gasteiger partial charge in [-0.2, -0.15) is 0 Å². The van der Waals surface area contributed by atoms with Gasteiger partial charge in [0.05, 0.1) is 11.5 Å². The summed E-state index contributed by atoms with van der Waals surface area (Å²) in [5.74, 6) is -0.356. The summed E-state index contributed by atoms with van der Waals surface area (Å²) in [5, 5.41) is 2.96. The second-order valence-corrected chi connectivity index (χ2v) is 6.21. The van der Waals surface area contributed by atoms with Crippen molar-refractivity contribution in [3.8, 4) is 0 Å². The molecule has 2 rings (SSSR count). The van der Waals surface area contributed by atoms with E-state index in [1.54, 1.807) is 0 Å². The number of piperidine rings is 1. The van der Waals surface area contributed by atoms with Crippen LogP contribution in [-0.4, -0.2) is 57.0 Å². The monoisotopic (exact) mass is 318 g/mol. The van der Waals surface area contributed by atoms with Crippen molar-refractivity contribution in [2.24, 2.45) is 11.7 Å². The summed E-state index contributed by atoms with van der Waals surface area (Å²) in [6, 6.07) is 7.54. The molecule has 3 N–H and O–H groups in total. The zero-order chi connectivity index (χ0) is 16.8. The Morgan fingerprint density at radius 2 is 2.09 bits per heavy atom. The number of likely N-dealkylation sites (tertiary alicyclic amines) is 1. The van der Waals surface area contributed by atoms with Crippen molar-refractivity contribution in [1.29, 1.82) is 0 Å². The summed E-state index contributed by atoms with van der Waals surface area (Å²) in [5.41, 5.74) is 6.96. The van der Waals surface area contributed by atoms with E-state index >= 15 is 0 Å². The molecule has 1 unspecified atom stereocenters. The standard InChI is InChI=1S/C17H26N4O2/c1-20(2)15-8-4-3-7-14(15)17(23)19-9-11-21-10-5-6-13(12-21)16(18)22/h3-4,7-8,13H,5-6,9-12H2,1-2H3,(H2,18,22)(H,19,23). The van der Waals surface area contributed by atoms with E-state index in [0.717, 1.165) is 31.6 Å². The molecule has 23 heavy (non-hydrogen) atoms. The first-order valence-corrected chi connectivity index (χ1v) is 8.05. The number of benzene rings is 1. The summed E-state index contributed by atoms with van der Waals surface area (Å²) in [4.78, 5) is 27.8. The Hall–Kier alpha value is -2.08. The van der Waals surface area contributed by atoms with E-state index in [9.17, 15) is 9.59 Å². The van der Waals surface area contributed by atoms with Gasteiger partial charge in [-0.05, 0) is 31.5 Å². The van der Waals surface area contributed by atoms with Crippen LogP contribution in [0, 0.1) is 5.92 Å². The minimum absolute atomic E-state index is 0.0612. The van der Waals surface area contributed by atoms with E-state index in [-0.39, 0.29) is 17.7 Å². The minimum atomic E-state index is -0.223. The normalized spacial score (nSPS) is 18.4. The average Bonchev–Trinajstić information content (AvgIpc) is 2.55. The third kappa shape index (κ3) is 4.69. The van der Waals surface area contributed by atoms with E-state index in [0.29, 0.717) is 18.7 Å². The Bertz CT molecular complexity index is 559. The van der Waals surface area contributed by atoms with Crippen LogP contribution in [0.2, 0.25) is 0 Å². The lowest BCUT2D eigenvalue weighted by Crippen LogP contribution is -2.44. The number of hydrogen-bond donors (Lipinski definition) is 2. The molecule has 1 aromatic rings. The third-order valence-corrected chi connectivity index (χ3v) is 4.25. The van der Waals surface area contributed by atoms with Crippen LogP contribution in [0.3, 0.4) is 0 Å². The predicted molar refractivity (Wildman–Crippen MR) is 91.5 cm³/mol. The van der Waals surface area contributed by atoms with Gasteiger partial charge in [-0.3, -0.25) is 9.59 Å². The van der Waals surface area contributed by atoms with Gasteiger partial charge in [-0.15, -0.1) is 0 Å². The number of nitrogens with two attached hydrogens (primary N) is 1. The van der Waals surface area contributed by atoms with Crippen LogP contribution in [0.5, 0.6) is 0 Å². The minimum Gasteiger partial charge on any atom is -0.377 e. The fourth-order valence-electron chi connectivity index (χ4n) is 2.97. The second kappa shape index (κ2) is 7.97. The first-order chi connectivity index (χ1) is 11.0. The maximum absolute atomic E-state index is 12.4. The van der Waals surface area contributed by atoms with E-state index < -0.39 is 0 Å². The largest absolute Gasteiger partial charge is 0.377 e.